The Bertz CT molecular complexity index is 965. The molecule has 0 bridgehead atoms. The van der Waals surface area contributed by atoms with Crippen molar-refractivity contribution in [2.24, 2.45) is 5.92 Å². The Kier molecular flexibility index (Phi) is 5.21. The van der Waals surface area contributed by atoms with Crippen LogP contribution in [0.25, 0.3) is 10.9 Å². The quantitative estimate of drug-likeness (QED) is 0.705. The van der Waals surface area contributed by atoms with E-state index in [9.17, 15) is 9.90 Å². The summed E-state index contributed by atoms with van der Waals surface area (Å²) in [6.45, 7) is 0.264. The molecule has 2 N–H and O–H groups in total. The van der Waals surface area contributed by atoms with Gasteiger partial charge in [0.1, 0.15) is 17.8 Å². The Labute approximate surface area is 162 Å². The molecule has 1 aliphatic rings. The van der Waals surface area contributed by atoms with E-state index >= 15 is 0 Å². The molecule has 0 spiro atoms. The summed E-state index contributed by atoms with van der Waals surface area (Å²) in [6.07, 6.45) is 8.92. The van der Waals surface area contributed by atoms with Gasteiger partial charge in [-0.05, 0) is 43.7 Å². The van der Waals surface area contributed by atoms with Crippen molar-refractivity contribution in [2.75, 3.05) is 19.0 Å². The van der Waals surface area contributed by atoms with Crippen LogP contribution in [0.4, 0.5) is 5.69 Å². The number of nitrogens with one attached hydrogen (secondary N) is 1. The molecule has 0 radical (unpaired) electrons. The van der Waals surface area contributed by atoms with E-state index in [1.54, 1.807) is 13.2 Å². The van der Waals surface area contributed by atoms with Gasteiger partial charge in [-0.25, -0.2) is 9.97 Å². The summed E-state index contributed by atoms with van der Waals surface area (Å²) in [6, 6.07) is 5.60. The first kappa shape index (κ1) is 18.4. The van der Waals surface area contributed by atoms with Crippen LogP contribution in [-0.4, -0.2) is 44.5 Å². The van der Waals surface area contributed by atoms with E-state index in [4.69, 9.17) is 9.84 Å². The number of ether oxygens (including phenoxy) is 1. The largest absolute Gasteiger partial charge is 0.494 e. The molecule has 1 aliphatic carbocycles. The molecule has 1 fully saturated rings. The summed E-state index contributed by atoms with van der Waals surface area (Å²) < 4.78 is 7.46. The lowest BCUT2D eigenvalue weighted by Crippen LogP contribution is -2.20. The maximum Gasteiger partial charge on any atom is 0.274 e. The molecule has 1 saturated carbocycles. The van der Waals surface area contributed by atoms with Crippen LogP contribution in [0.5, 0.6) is 5.75 Å². The zero-order chi connectivity index (χ0) is 19.5. The number of anilines is 1. The molecule has 28 heavy (non-hydrogen) atoms. The second kappa shape index (κ2) is 7.93. The van der Waals surface area contributed by atoms with E-state index in [0.717, 1.165) is 36.6 Å². The summed E-state index contributed by atoms with van der Waals surface area (Å²) in [5, 5.41) is 17.8. The predicted octanol–water partition coefficient (Wildman–Crippen LogP) is 2.81. The van der Waals surface area contributed by atoms with Crippen molar-refractivity contribution in [3.05, 3.63) is 42.6 Å². The highest BCUT2D eigenvalue weighted by Gasteiger charge is 2.23. The smallest absolute Gasteiger partial charge is 0.274 e. The standard InChI is InChI=1S/C20H23N5O3/c1-28-19-9-17-14(8-18(19)23-20(27)16-6-7-21-12-22-16)10-25(24-17)15-4-2-13(11-26)3-5-15/h6-10,12-13,15,26H,2-5,11H2,1H3,(H,23,27). The van der Waals surface area contributed by atoms with Crippen LogP contribution in [0.3, 0.4) is 0 Å². The highest BCUT2D eigenvalue weighted by Crippen LogP contribution is 2.34. The van der Waals surface area contributed by atoms with Crippen molar-refractivity contribution in [2.45, 2.75) is 31.7 Å². The Morgan fingerprint density at radius 3 is 2.82 bits per heavy atom. The summed E-state index contributed by atoms with van der Waals surface area (Å²) >= 11 is 0. The van der Waals surface area contributed by atoms with Gasteiger partial charge in [0.25, 0.3) is 5.91 Å². The molecule has 146 valence electrons. The molecule has 4 rings (SSSR count). The van der Waals surface area contributed by atoms with Gasteiger partial charge in [-0.15, -0.1) is 0 Å². The second-order valence-electron chi connectivity index (χ2n) is 7.13. The summed E-state index contributed by atoms with van der Waals surface area (Å²) in [4.78, 5) is 20.2. The average molecular weight is 381 g/mol. The number of rotatable bonds is 5. The number of amides is 1. The minimum atomic E-state index is -0.324. The Hall–Kier alpha value is -3.00. The highest BCUT2D eigenvalue weighted by molar-refractivity contribution is 6.04. The fourth-order valence-corrected chi connectivity index (χ4v) is 3.73. The van der Waals surface area contributed by atoms with E-state index in [0.29, 0.717) is 23.4 Å². The van der Waals surface area contributed by atoms with Crippen molar-refractivity contribution >= 4 is 22.5 Å². The first-order chi connectivity index (χ1) is 13.7. The lowest BCUT2D eigenvalue weighted by atomic mass is 9.87. The maximum atomic E-state index is 12.4. The Morgan fingerprint density at radius 1 is 1.32 bits per heavy atom. The van der Waals surface area contributed by atoms with Gasteiger partial charge in [0, 0.05) is 30.5 Å². The van der Waals surface area contributed by atoms with Crippen LogP contribution >= 0.6 is 0 Å². The predicted molar refractivity (Wildman–Crippen MR) is 104 cm³/mol. The molecule has 2 heterocycles. The molecular formula is C20H23N5O3. The highest BCUT2D eigenvalue weighted by atomic mass is 16.5. The van der Waals surface area contributed by atoms with Crippen LogP contribution in [0, 0.1) is 5.92 Å². The molecule has 1 amide bonds. The van der Waals surface area contributed by atoms with Crippen LogP contribution in [0.1, 0.15) is 42.2 Å². The Balaban J connectivity index is 1.59. The van der Waals surface area contributed by atoms with Gasteiger partial charge in [-0.1, -0.05) is 0 Å². The van der Waals surface area contributed by atoms with E-state index in [-0.39, 0.29) is 18.2 Å². The van der Waals surface area contributed by atoms with Crippen molar-refractivity contribution in [3.63, 3.8) is 0 Å². The number of aromatic nitrogens is 4. The van der Waals surface area contributed by atoms with E-state index in [1.165, 1.54) is 12.5 Å². The molecule has 0 saturated heterocycles. The number of nitrogens with zero attached hydrogens (tertiary/aromatic N) is 4. The number of aliphatic hydroxyl groups excluding tert-OH is 1. The van der Waals surface area contributed by atoms with Gasteiger partial charge in [0.05, 0.1) is 24.4 Å². The number of carbonyl (C=O) groups excluding carboxylic acids is 1. The average Bonchev–Trinajstić information content (AvgIpc) is 3.16. The molecule has 2 aromatic heterocycles. The van der Waals surface area contributed by atoms with E-state index < -0.39 is 0 Å². The molecule has 8 nitrogen and oxygen atoms in total. The number of hydrogen-bond acceptors (Lipinski definition) is 6. The lowest BCUT2D eigenvalue weighted by Gasteiger charge is -2.27. The van der Waals surface area contributed by atoms with Gasteiger partial charge in [-0.2, -0.15) is 5.10 Å². The number of hydrogen-bond donors (Lipinski definition) is 2. The Morgan fingerprint density at radius 2 is 2.14 bits per heavy atom. The molecule has 0 unspecified atom stereocenters. The molecule has 0 aliphatic heterocycles. The van der Waals surface area contributed by atoms with Gasteiger partial charge in [0.2, 0.25) is 0 Å². The molecule has 0 atom stereocenters. The number of carbonyl (C=O) groups is 1. The summed E-state index contributed by atoms with van der Waals surface area (Å²) in [5.74, 6) is 0.629. The summed E-state index contributed by atoms with van der Waals surface area (Å²) in [5.41, 5.74) is 1.68. The van der Waals surface area contributed by atoms with E-state index in [2.05, 4.69) is 15.3 Å². The zero-order valence-corrected chi connectivity index (χ0v) is 15.7. The summed E-state index contributed by atoms with van der Waals surface area (Å²) in [7, 11) is 1.56. The fraction of sp³-hybridized carbons (Fsp3) is 0.400. The molecule has 8 heteroatoms. The topological polar surface area (TPSA) is 102 Å². The third kappa shape index (κ3) is 3.68. The fourth-order valence-electron chi connectivity index (χ4n) is 3.73. The SMILES string of the molecule is COc1cc2nn(C3CCC(CO)CC3)cc2cc1NC(=O)c1ccncn1. The van der Waals surface area contributed by atoms with Gasteiger partial charge in [0.15, 0.2) is 0 Å². The van der Waals surface area contributed by atoms with Crippen molar-refractivity contribution < 1.29 is 14.6 Å². The third-order valence-corrected chi connectivity index (χ3v) is 5.35. The lowest BCUT2D eigenvalue weighted by molar-refractivity contribution is 0.102. The van der Waals surface area contributed by atoms with Crippen molar-refractivity contribution in [1.82, 2.24) is 19.7 Å². The molecule has 1 aromatic carbocycles. The van der Waals surface area contributed by atoms with Crippen molar-refractivity contribution in [3.8, 4) is 5.75 Å². The minimum Gasteiger partial charge on any atom is -0.494 e. The zero-order valence-electron chi connectivity index (χ0n) is 15.7. The van der Waals surface area contributed by atoms with Crippen LogP contribution in [0.2, 0.25) is 0 Å². The number of methoxy groups -OCH3 is 1. The van der Waals surface area contributed by atoms with Crippen LogP contribution in [0.15, 0.2) is 36.9 Å². The third-order valence-electron chi connectivity index (χ3n) is 5.35. The first-order valence-corrected chi connectivity index (χ1v) is 9.43. The number of benzene rings is 1. The van der Waals surface area contributed by atoms with E-state index in [1.807, 2.05) is 23.0 Å². The van der Waals surface area contributed by atoms with Crippen LogP contribution < -0.4 is 10.1 Å². The van der Waals surface area contributed by atoms with Crippen LogP contribution in [-0.2, 0) is 0 Å². The van der Waals surface area contributed by atoms with Gasteiger partial charge >= 0.3 is 0 Å². The number of fused-ring (bicyclic) bond motifs is 1. The van der Waals surface area contributed by atoms with Gasteiger partial charge < -0.3 is 15.2 Å². The maximum absolute atomic E-state index is 12.4. The normalized spacial score (nSPS) is 19.5. The first-order valence-electron chi connectivity index (χ1n) is 9.43. The monoisotopic (exact) mass is 381 g/mol. The van der Waals surface area contributed by atoms with Gasteiger partial charge in [-0.3, -0.25) is 9.48 Å². The molecule has 3 aromatic rings. The van der Waals surface area contributed by atoms with Crippen molar-refractivity contribution in [1.29, 1.82) is 0 Å². The molecular weight excluding hydrogens is 358 g/mol. The minimum absolute atomic E-state index is 0.264. The number of aliphatic hydroxyl groups is 1. The second-order valence-corrected chi connectivity index (χ2v) is 7.13.